The van der Waals surface area contributed by atoms with Crippen molar-refractivity contribution in [1.29, 1.82) is 0 Å². The normalized spacial score (nSPS) is 15.8. The average Bonchev–Trinajstić information content (AvgIpc) is 3.35. The molecule has 0 spiro atoms. The number of nitrogens with one attached hydrogen (secondary N) is 1. The molecule has 2 aromatic carbocycles. The molecule has 1 saturated carbocycles. The Kier molecular flexibility index (Phi) is 5.03. The number of H-pyrrole nitrogens is 1. The number of hydrogen-bond donors (Lipinski definition) is 2. The summed E-state index contributed by atoms with van der Waals surface area (Å²) < 4.78 is 0. The lowest BCUT2D eigenvalue weighted by atomic mass is 9.87. The highest BCUT2D eigenvalue weighted by atomic mass is 16.4. The minimum Gasteiger partial charge on any atom is -0.481 e. The molecular formula is C24H25NO3. The number of aromatic nitrogens is 1. The molecule has 1 aromatic heterocycles. The SMILES string of the molecule is CC(=O)c1ccccc1-c1ccc2c(C(CC3CCCC3)C(=O)O)c[nH]c2c1. The first kappa shape index (κ1) is 18.5. The maximum absolute atomic E-state index is 12.0. The van der Waals surface area contributed by atoms with Crippen LogP contribution in [-0.4, -0.2) is 21.8 Å². The fourth-order valence-electron chi connectivity index (χ4n) is 4.59. The average molecular weight is 375 g/mol. The van der Waals surface area contributed by atoms with Gasteiger partial charge in [-0.1, -0.05) is 62.1 Å². The van der Waals surface area contributed by atoms with Crippen LogP contribution in [0.25, 0.3) is 22.0 Å². The molecule has 2 N–H and O–H groups in total. The quantitative estimate of drug-likeness (QED) is 0.536. The number of carboxylic acids is 1. The number of fused-ring (bicyclic) bond motifs is 1. The van der Waals surface area contributed by atoms with Crippen LogP contribution in [0.5, 0.6) is 0 Å². The molecule has 4 heteroatoms. The minimum atomic E-state index is -0.751. The van der Waals surface area contributed by atoms with Crippen LogP contribution in [0.4, 0.5) is 0 Å². The van der Waals surface area contributed by atoms with Crippen molar-refractivity contribution < 1.29 is 14.7 Å². The molecule has 1 heterocycles. The summed E-state index contributed by atoms with van der Waals surface area (Å²) in [4.78, 5) is 27.2. The Balaban J connectivity index is 1.72. The van der Waals surface area contributed by atoms with Gasteiger partial charge >= 0.3 is 5.97 Å². The van der Waals surface area contributed by atoms with Crippen LogP contribution in [-0.2, 0) is 4.79 Å². The molecule has 4 rings (SSSR count). The zero-order chi connectivity index (χ0) is 19.7. The molecule has 1 atom stereocenters. The molecule has 0 aliphatic heterocycles. The van der Waals surface area contributed by atoms with Crippen molar-refractivity contribution in [2.24, 2.45) is 5.92 Å². The largest absolute Gasteiger partial charge is 0.481 e. The Hall–Kier alpha value is -2.88. The van der Waals surface area contributed by atoms with E-state index in [1.807, 2.05) is 48.7 Å². The van der Waals surface area contributed by atoms with Crippen LogP contribution >= 0.6 is 0 Å². The lowest BCUT2D eigenvalue weighted by molar-refractivity contribution is -0.139. The molecule has 3 aromatic rings. The van der Waals surface area contributed by atoms with Crippen molar-refractivity contribution in [3.8, 4) is 11.1 Å². The summed E-state index contributed by atoms with van der Waals surface area (Å²) >= 11 is 0. The standard InChI is InChI=1S/C24H25NO3/c1-15(26)18-8-4-5-9-19(18)17-10-11-20-22(14-25-23(20)13-17)21(24(27)28)12-16-6-2-3-7-16/h4-5,8-11,13-14,16,21,25H,2-3,6-7,12H2,1H3,(H,27,28). The van der Waals surface area contributed by atoms with Crippen molar-refractivity contribution in [2.75, 3.05) is 0 Å². The van der Waals surface area contributed by atoms with Gasteiger partial charge in [-0.05, 0) is 42.0 Å². The molecule has 0 amide bonds. The smallest absolute Gasteiger partial charge is 0.311 e. The molecule has 0 bridgehead atoms. The number of carboxylic acid groups (broad SMARTS) is 1. The highest BCUT2D eigenvalue weighted by Gasteiger charge is 2.28. The van der Waals surface area contributed by atoms with E-state index in [0.29, 0.717) is 17.9 Å². The van der Waals surface area contributed by atoms with E-state index >= 15 is 0 Å². The predicted octanol–water partition coefficient (Wildman–Crippen LogP) is 5.79. The van der Waals surface area contributed by atoms with Crippen LogP contribution in [0.2, 0.25) is 0 Å². The van der Waals surface area contributed by atoms with E-state index in [1.54, 1.807) is 6.92 Å². The maximum Gasteiger partial charge on any atom is 0.311 e. The van der Waals surface area contributed by atoms with Gasteiger partial charge in [-0.3, -0.25) is 9.59 Å². The van der Waals surface area contributed by atoms with E-state index in [-0.39, 0.29) is 5.78 Å². The second kappa shape index (κ2) is 7.63. The lowest BCUT2D eigenvalue weighted by Crippen LogP contribution is -2.14. The van der Waals surface area contributed by atoms with Crippen molar-refractivity contribution in [3.05, 3.63) is 59.8 Å². The van der Waals surface area contributed by atoms with E-state index in [1.165, 1.54) is 12.8 Å². The van der Waals surface area contributed by atoms with Gasteiger partial charge in [-0.2, -0.15) is 0 Å². The number of aliphatic carboxylic acids is 1. The maximum atomic E-state index is 12.0. The molecular weight excluding hydrogens is 350 g/mol. The molecule has 144 valence electrons. The number of Topliss-reactive ketones (excluding diaryl/α,β-unsaturated/α-hetero) is 1. The van der Waals surface area contributed by atoms with Crippen LogP contribution < -0.4 is 0 Å². The van der Waals surface area contributed by atoms with Gasteiger partial charge in [0.05, 0.1) is 5.92 Å². The topological polar surface area (TPSA) is 70.2 Å². The zero-order valence-electron chi connectivity index (χ0n) is 16.1. The van der Waals surface area contributed by atoms with Crippen LogP contribution in [0, 0.1) is 5.92 Å². The molecule has 1 fully saturated rings. The molecule has 1 unspecified atom stereocenters. The number of carbonyl (C=O) groups excluding carboxylic acids is 1. The monoisotopic (exact) mass is 375 g/mol. The summed E-state index contributed by atoms with van der Waals surface area (Å²) in [7, 11) is 0. The Bertz CT molecular complexity index is 1030. The van der Waals surface area contributed by atoms with E-state index in [9.17, 15) is 14.7 Å². The van der Waals surface area contributed by atoms with Gasteiger partial charge < -0.3 is 10.1 Å². The van der Waals surface area contributed by atoms with E-state index < -0.39 is 11.9 Å². The number of hydrogen-bond acceptors (Lipinski definition) is 2. The van der Waals surface area contributed by atoms with Gasteiger partial charge in [0.25, 0.3) is 0 Å². The summed E-state index contributed by atoms with van der Waals surface area (Å²) in [6.45, 7) is 1.57. The second-order valence-electron chi connectivity index (χ2n) is 7.88. The molecule has 0 radical (unpaired) electrons. The second-order valence-corrected chi connectivity index (χ2v) is 7.88. The van der Waals surface area contributed by atoms with E-state index in [2.05, 4.69) is 4.98 Å². The highest BCUT2D eigenvalue weighted by molar-refractivity contribution is 6.02. The number of ketones is 1. The van der Waals surface area contributed by atoms with Crippen molar-refractivity contribution >= 4 is 22.7 Å². The number of rotatable bonds is 6. The molecule has 1 aliphatic carbocycles. The fraction of sp³-hybridized carbons (Fsp3) is 0.333. The van der Waals surface area contributed by atoms with Gasteiger partial charge in [0.2, 0.25) is 0 Å². The van der Waals surface area contributed by atoms with Crippen molar-refractivity contribution in [3.63, 3.8) is 0 Å². The van der Waals surface area contributed by atoms with Crippen molar-refractivity contribution in [2.45, 2.75) is 44.9 Å². The molecule has 1 aliphatic rings. The first-order valence-electron chi connectivity index (χ1n) is 9.98. The Morgan fingerprint density at radius 2 is 1.89 bits per heavy atom. The van der Waals surface area contributed by atoms with E-state index in [0.717, 1.165) is 40.4 Å². The summed E-state index contributed by atoms with van der Waals surface area (Å²) in [5.74, 6) is -0.691. The summed E-state index contributed by atoms with van der Waals surface area (Å²) in [5, 5.41) is 10.8. The summed E-state index contributed by atoms with van der Waals surface area (Å²) in [6, 6.07) is 13.6. The third-order valence-corrected chi connectivity index (χ3v) is 6.05. The Morgan fingerprint density at radius 1 is 1.14 bits per heavy atom. The minimum absolute atomic E-state index is 0.0328. The highest BCUT2D eigenvalue weighted by Crippen LogP contribution is 2.37. The fourth-order valence-corrected chi connectivity index (χ4v) is 4.59. The first-order valence-corrected chi connectivity index (χ1v) is 9.98. The van der Waals surface area contributed by atoms with Gasteiger partial charge in [0.1, 0.15) is 0 Å². The van der Waals surface area contributed by atoms with Crippen LogP contribution in [0.3, 0.4) is 0 Å². The molecule has 0 saturated heterocycles. The molecule has 4 nitrogen and oxygen atoms in total. The third kappa shape index (κ3) is 3.47. The third-order valence-electron chi connectivity index (χ3n) is 6.05. The summed E-state index contributed by atoms with van der Waals surface area (Å²) in [6.07, 6.45) is 7.25. The van der Waals surface area contributed by atoms with Gasteiger partial charge in [0, 0.05) is 22.7 Å². The zero-order valence-corrected chi connectivity index (χ0v) is 16.1. The number of benzene rings is 2. The Morgan fingerprint density at radius 3 is 2.61 bits per heavy atom. The van der Waals surface area contributed by atoms with E-state index in [4.69, 9.17) is 0 Å². The number of aromatic amines is 1. The van der Waals surface area contributed by atoms with Crippen LogP contribution in [0.15, 0.2) is 48.7 Å². The van der Waals surface area contributed by atoms with Crippen LogP contribution in [0.1, 0.15) is 60.9 Å². The first-order chi connectivity index (χ1) is 13.5. The number of carbonyl (C=O) groups is 2. The van der Waals surface area contributed by atoms with Gasteiger partial charge in [-0.25, -0.2) is 0 Å². The molecule has 28 heavy (non-hydrogen) atoms. The summed E-state index contributed by atoms with van der Waals surface area (Å²) in [5.41, 5.74) is 4.31. The van der Waals surface area contributed by atoms with Gasteiger partial charge in [0.15, 0.2) is 5.78 Å². The van der Waals surface area contributed by atoms with Crippen molar-refractivity contribution in [1.82, 2.24) is 4.98 Å². The Labute approximate surface area is 164 Å². The van der Waals surface area contributed by atoms with Gasteiger partial charge in [-0.15, -0.1) is 0 Å². The predicted molar refractivity (Wildman–Crippen MR) is 111 cm³/mol. The lowest BCUT2D eigenvalue weighted by Gasteiger charge is -2.16.